The Morgan fingerprint density at radius 1 is 0.682 bits per heavy atom. The van der Waals surface area contributed by atoms with Gasteiger partial charge in [0.2, 0.25) is 5.52 Å². The van der Waals surface area contributed by atoms with Gasteiger partial charge in [-0.1, -0.05) is 141 Å². The van der Waals surface area contributed by atoms with Crippen molar-refractivity contribution >= 4 is 48.1 Å². The first-order valence-electron chi connectivity index (χ1n) is 24.6. The summed E-state index contributed by atoms with van der Waals surface area (Å²) in [5.41, 5.74) is -0.831. The van der Waals surface area contributed by atoms with Crippen molar-refractivity contribution in [3.05, 3.63) is 46.6 Å². The van der Waals surface area contributed by atoms with Crippen LogP contribution in [0.4, 0.5) is 11.4 Å². The first-order valence-corrected chi connectivity index (χ1v) is 26.1. The van der Waals surface area contributed by atoms with Crippen LogP contribution in [0.25, 0.3) is 11.0 Å². The fourth-order valence-corrected chi connectivity index (χ4v) is 7.93. The van der Waals surface area contributed by atoms with Crippen LogP contribution >= 0.6 is 7.82 Å². The molecule has 0 amide bonds. The maximum atomic E-state index is 12.9. The average Bonchev–Trinajstić information content (AvgIpc) is 3.79. The van der Waals surface area contributed by atoms with Gasteiger partial charge in [0.05, 0.1) is 23.8 Å². The highest BCUT2D eigenvalue weighted by atomic mass is 31.2. The first kappa shape index (κ1) is 57.9. The van der Waals surface area contributed by atoms with E-state index in [1.165, 1.54) is 83.1 Å². The summed E-state index contributed by atoms with van der Waals surface area (Å²) < 4.78 is 38.5. The van der Waals surface area contributed by atoms with Crippen molar-refractivity contribution in [2.75, 3.05) is 25.1 Å². The van der Waals surface area contributed by atoms with E-state index in [0.29, 0.717) is 12.8 Å². The summed E-state index contributed by atoms with van der Waals surface area (Å²) in [7, 11) is -4.97. The van der Waals surface area contributed by atoms with E-state index >= 15 is 0 Å². The van der Waals surface area contributed by atoms with Gasteiger partial charge in [-0.25, -0.2) is 14.0 Å². The SMILES string of the molecule is CCCCCCCC/C=C\CCCCCCCC(=O)OC(COC(=O)CCCCCCC/C=C/CCCCCCCC)COP(=O)(O)OC[C@H](Nc1ccc([N+](=O)[O-])c2nonc12)C(=O)O. The minimum atomic E-state index is -4.97. The van der Waals surface area contributed by atoms with Crippen molar-refractivity contribution in [3.8, 4) is 0 Å². The Morgan fingerprint density at radius 3 is 1.64 bits per heavy atom. The van der Waals surface area contributed by atoms with Crippen LogP contribution in [0, 0.1) is 10.1 Å². The van der Waals surface area contributed by atoms with E-state index in [1.54, 1.807) is 0 Å². The van der Waals surface area contributed by atoms with Crippen LogP contribution in [0.5, 0.6) is 0 Å². The van der Waals surface area contributed by atoms with Gasteiger partial charge in [-0.15, -0.1) is 0 Å². The van der Waals surface area contributed by atoms with Crippen LogP contribution in [0.15, 0.2) is 41.1 Å². The van der Waals surface area contributed by atoms with E-state index < -0.39 is 68.3 Å². The maximum Gasteiger partial charge on any atom is 0.472 e. The summed E-state index contributed by atoms with van der Waals surface area (Å²) in [6.45, 7) is 2.43. The Morgan fingerprint density at radius 2 is 1.14 bits per heavy atom. The van der Waals surface area contributed by atoms with Gasteiger partial charge >= 0.3 is 31.4 Å². The van der Waals surface area contributed by atoms with E-state index in [-0.39, 0.29) is 29.6 Å². The fraction of sp³-hybridized carbons (Fsp3) is 0.729. The highest BCUT2D eigenvalue weighted by molar-refractivity contribution is 7.47. The van der Waals surface area contributed by atoms with Gasteiger partial charge in [-0.3, -0.25) is 28.8 Å². The Balaban J connectivity index is 1.81. The van der Waals surface area contributed by atoms with Crippen LogP contribution in [0.3, 0.4) is 0 Å². The van der Waals surface area contributed by atoms with Gasteiger partial charge in [0, 0.05) is 18.9 Å². The number of hydrogen-bond acceptors (Lipinski definition) is 14. The number of nitro benzene ring substituents is 1. The molecule has 2 aromatic rings. The number of nitrogens with one attached hydrogen (secondary N) is 1. The molecular weight excluding hydrogens is 872 g/mol. The zero-order valence-corrected chi connectivity index (χ0v) is 40.6. The van der Waals surface area contributed by atoms with Crippen molar-refractivity contribution in [2.45, 2.75) is 206 Å². The number of non-ortho nitro benzene ring substituents is 1. The number of carbonyl (C=O) groups is 3. The summed E-state index contributed by atoms with van der Waals surface area (Å²) in [6.07, 6.45) is 37.0. The number of carbonyl (C=O) groups excluding carboxylic acids is 2. The molecule has 1 heterocycles. The predicted octanol–water partition coefficient (Wildman–Crippen LogP) is 12.7. The van der Waals surface area contributed by atoms with Crippen molar-refractivity contribution in [1.29, 1.82) is 0 Å². The molecule has 18 heteroatoms. The molecule has 17 nitrogen and oxygen atoms in total. The molecule has 0 radical (unpaired) electrons. The monoisotopic (exact) mass is 951 g/mol. The highest BCUT2D eigenvalue weighted by Gasteiger charge is 2.30. The number of aromatic nitrogens is 2. The smallest absolute Gasteiger partial charge is 0.472 e. The fourth-order valence-electron chi connectivity index (χ4n) is 7.16. The van der Waals surface area contributed by atoms with Crippen molar-refractivity contribution in [3.63, 3.8) is 0 Å². The third kappa shape index (κ3) is 28.1. The number of unbranched alkanes of at least 4 members (excludes halogenated alkanes) is 22. The number of anilines is 1. The Labute approximate surface area is 391 Å². The van der Waals surface area contributed by atoms with Crippen LogP contribution in [-0.4, -0.2) is 75.1 Å². The predicted molar refractivity (Wildman–Crippen MR) is 255 cm³/mol. The maximum absolute atomic E-state index is 12.9. The minimum absolute atomic E-state index is 0.0247. The largest absolute Gasteiger partial charge is 0.480 e. The molecule has 1 aromatic heterocycles. The Kier molecular flexibility index (Phi) is 32.4. The molecule has 1 aromatic carbocycles. The summed E-state index contributed by atoms with van der Waals surface area (Å²) in [6, 6.07) is 0.595. The number of fused-ring (bicyclic) bond motifs is 1. The molecule has 0 aliphatic heterocycles. The molecule has 0 aliphatic carbocycles. The van der Waals surface area contributed by atoms with Crippen molar-refractivity contribution < 1.29 is 57.0 Å². The van der Waals surface area contributed by atoms with Gasteiger partial charge in [0.25, 0.3) is 0 Å². The van der Waals surface area contributed by atoms with E-state index in [2.05, 4.69) is 58.4 Å². The summed E-state index contributed by atoms with van der Waals surface area (Å²) in [5, 5.41) is 30.8. The molecule has 2 unspecified atom stereocenters. The van der Waals surface area contributed by atoms with Gasteiger partial charge in [-0.05, 0) is 80.6 Å². The first-order chi connectivity index (χ1) is 32.0. The quantitative estimate of drug-likeness (QED) is 0.0140. The number of carboxylic acid groups (broad SMARTS) is 1. The third-order valence-corrected chi connectivity index (χ3v) is 12.0. The number of nitro groups is 1. The summed E-state index contributed by atoms with van der Waals surface area (Å²) in [5.74, 6) is -2.60. The third-order valence-electron chi connectivity index (χ3n) is 11.1. The van der Waals surface area contributed by atoms with Gasteiger partial charge in [0.15, 0.2) is 11.6 Å². The molecule has 0 aliphatic rings. The summed E-state index contributed by atoms with van der Waals surface area (Å²) >= 11 is 0. The van der Waals surface area contributed by atoms with E-state index in [0.717, 1.165) is 83.1 Å². The zero-order chi connectivity index (χ0) is 48.1. The number of esters is 2. The molecule has 0 bridgehead atoms. The van der Waals surface area contributed by atoms with E-state index in [9.17, 15) is 39.1 Å². The van der Waals surface area contributed by atoms with Crippen LogP contribution in [-0.2, 0) is 37.5 Å². The average molecular weight is 951 g/mol. The summed E-state index contributed by atoms with van der Waals surface area (Å²) in [4.78, 5) is 58.7. The molecule has 3 N–H and O–H groups in total. The van der Waals surface area contributed by atoms with Gasteiger partial charge < -0.3 is 24.8 Å². The zero-order valence-electron chi connectivity index (χ0n) is 39.7. The number of nitrogens with zero attached hydrogens (tertiary/aromatic N) is 3. The molecule has 0 spiro atoms. The van der Waals surface area contributed by atoms with Gasteiger partial charge in [0.1, 0.15) is 12.6 Å². The lowest BCUT2D eigenvalue weighted by Gasteiger charge is -2.21. The lowest BCUT2D eigenvalue weighted by atomic mass is 10.1. The van der Waals surface area contributed by atoms with E-state index in [1.807, 2.05) is 0 Å². The molecule has 0 saturated heterocycles. The number of benzene rings is 1. The number of hydrogen-bond donors (Lipinski definition) is 3. The van der Waals surface area contributed by atoms with Crippen molar-refractivity contribution in [1.82, 2.24) is 10.3 Å². The molecular formula is C48H79N4O13P. The Hall–Kier alpha value is -4.18. The number of allylic oxidation sites excluding steroid dienone is 4. The molecule has 0 saturated carbocycles. The standard InChI is InChI=1S/C48H79N4O13P/c1-3-5-7-9-11-13-15-17-19-21-23-25-27-29-31-33-44(53)61-37-40(64-45(54)34-32-30-28-26-24-22-20-18-16-14-12-10-8-6-4-2)38-62-66(59,60)63-39-42(48(55)56)49-41-35-36-43(52(57)58)47-46(41)50-65-51-47/h17-20,35-36,40,42,49H,3-16,21-34,37-39H2,1-2H3,(H,55,56)(H,59,60)/b19-17+,20-18-/t40?,42-/m0/s1. The number of phosphoric ester groups is 1. The number of carboxylic acids is 1. The lowest BCUT2D eigenvalue weighted by Crippen LogP contribution is -2.34. The number of aliphatic carboxylic acids is 1. The van der Waals surface area contributed by atoms with Crippen LogP contribution in [0.2, 0.25) is 0 Å². The highest BCUT2D eigenvalue weighted by Crippen LogP contribution is 2.43. The molecule has 0 fully saturated rings. The lowest BCUT2D eigenvalue weighted by molar-refractivity contribution is -0.383. The molecule has 66 heavy (non-hydrogen) atoms. The van der Waals surface area contributed by atoms with Crippen LogP contribution < -0.4 is 5.32 Å². The second-order valence-electron chi connectivity index (χ2n) is 16.9. The molecule has 3 atom stereocenters. The van der Waals surface area contributed by atoms with Crippen molar-refractivity contribution in [2.24, 2.45) is 0 Å². The molecule has 2 rings (SSSR count). The topological polar surface area (TPSA) is 240 Å². The van der Waals surface area contributed by atoms with Gasteiger partial charge in [-0.2, -0.15) is 0 Å². The van der Waals surface area contributed by atoms with E-state index in [4.69, 9.17) is 18.5 Å². The molecule has 374 valence electrons. The number of ether oxygens (including phenoxy) is 2. The second-order valence-corrected chi connectivity index (χ2v) is 18.4. The number of rotatable bonds is 43. The minimum Gasteiger partial charge on any atom is -0.480 e. The Bertz CT molecular complexity index is 1750. The number of phosphoric acid groups is 1. The normalized spacial score (nSPS) is 13.6. The van der Waals surface area contributed by atoms with Crippen LogP contribution in [0.1, 0.15) is 194 Å². The second kappa shape index (κ2) is 36.9.